The van der Waals surface area contributed by atoms with Crippen LogP contribution in [0.2, 0.25) is 0 Å². The molecule has 0 unspecified atom stereocenters. The molecule has 3 rings (SSSR count). The Morgan fingerprint density at radius 1 is 1.27 bits per heavy atom. The van der Waals surface area contributed by atoms with Crippen molar-refractivity contribution in [2.75, 3.05) is 38.2 Å². The van der Waals surface area contributed by atoms with E-state index in [4.69, 9.17) is 10.5 Å². The standard InChI is InChI=1S/C17H25N3O4S.ClH/c18-12-13-3-1-6-16(13)17(21)19-14-4-2-5-15(11-14)25(22,23)20-7-9-24-10-8-20;/h2,4-5,11,13,16H,1,3,6-10,12,18H2,(H,19,21);1H/t13-,16-;/m1./s1. The maximum absolute atomic E-state index is 12.7. The molecular weight excluding hydrogens is 378 g/mol. The van der Waals surface area contributed by atoms with Crippen molar-refractivity contribution in [3.8, 4) is 0 Å². The van der Waals surface area contributed by atoms with Gasteiger partial charge in [0.15, 0.2) is 0 Å². The number of morpholine rings is 1. The molecule has 3 N–H and O–H groups in total. The van der Waals surface area contributed by atoms with Crippen LogP contribution in [0.15, 0.2) is 29.2 Å². The van der Waals surface area contributed by atoms with Gasteiger partial charge in [0.25, 0.3) is 0 Å². The number of anilines is 1. The molecule has 2 fully saturated rings. The van der Waals surface area contributed by atoms with E-state index in [0.717, 1.165) is 19.3 Å². The second kappa shape index (κ2) is 9.14. The number of nitrogens with one attached hydrogen (secondary N) is 1. The molecular formula is C17H26ClN3O4S. The Hall–Kier alpha value is -1.19. The molecule has 1 aromatic rings. The van der Waals surface area contributed by atoms with E-state index in [2.05, 4.69) is 5.32 Å². The summed E-state index contributed by atoms with van der Waals surface area (Å²) in [4.78, 5) is 12.7. The molecule has 1 saturated heterocycles. The van der Waals surface area contributed by atoms with Gasteiger partial charge < -0.3 is 15.8 Å². The number of nitrogens with zero attached hydrogens (tertiary/aromatic N) is 1. The first-order valence-electron chi connectivity index (χ1n) is 8.71. The Labute approximate surface area is 160 Å². The molecule has 1 amide bonds. The lowest BCUT2D eigenvalue weighted by Crippen LogP contribution is -2.40. The first-order chi connectivity index (χ1) is 12.0. The van der Waals surface area contributed by atoms with Crippen molar-refractivity contribution in [3.05, 3.63) is 24.3 Å². The van der Waals surface area contributed by atoms with Crippen LogP contribution in [0.3, 0.4) is 0 Å². The smallest absolute Gasteiger partial charge is 0.243 e. The van der Waals surface area contributed by atoms with E-state index in [1.165, 1.54) is 10.4 Å². The van der Waals surface area contributed by atoms with Crippen LogP contribution in [0.25, 0.3) is 0 Å². The lowest BCUT2D eigenvalue weighted by Gasteiger charge is -2.26. The highest BCUT2D eigenvalue weighted by atomic mass is 35.5. The van der Waals surface area contributed by atoms with Gasteiger partial charge in [0.1, 0.15) is 0 Å². The van der Waals surface area contributed by atoms with Crippen LogP contribution in [0.1, 0.15) is 19.3 Å². The summed E-state index contributed by atoms with van der Waals surface area (Å²) in [6, 6.07) is 6.44. The van der Waals surface area contributed by atoms with Crippen LogP contribution >= 0.6 is 12.4 Å². The quantitative estimate of drug-likeness (QED) is 0.774. The van der Waals surface area contributed by atoms with Gasteiger partial charge in [-0.2, -0.15) is 4.31 Å². The molecule has 26 heavy (non-hydrogen) atoms. The number of carbonyl (C=O) groups excluding carboxylic acids is 1. The van der Waals surface area contributed by atoms with Crippen molar-refractivity contribution in [1.82, 2.24) is 4.31 Å². The van der Waals surface area contributed by atoms with E-state index < -0.39 is 10.0 Å². The molecule has 9 heteroatoms. The van der Waals surface area contributed by atoms with Gasteiger partial charge in [0.2, 0.25) is 15.9 Å². The van der Waals surface area contributed by atoms with Crippen molar-refractivity contribution in [1.29, 1.82) is 0 Å². The SMILES string of the molecule is Cl.NC[C@H]1CCC[C@H]1C(=O)Nc1cccc(S(=O)(=O)N2CCOCC2)c1. The zero-order valence-corrected chi connectivity index (χ0v) is 16.2. The number of hydrogen-bond donors (Lipinski definition) is 2. The van der Waals surface area contributed by atoms with E-state index in [1.807, 2.05) is 0 Å². The van der Waals surface area contributed by atoms with Gasteiger partial charge in [-0.05, 0) is 43.5 Å². The molecule has 0 radical (unpaired) electrons. The summed E-state index contributed by atoms with van der Waals surface area (Å²) >= 11 is 0. The Kier molecular flexibility index (Phi) is 7.42. The summed E-state index contributed by atoms with van der Waals surface area (Å²) in [5.74, 6) is 0.0404. The summed E-state index contributed by atoms with van der Waals surface area (Å²) in [6.07, 6.45) is 2.81. The fraction of sp³-hybridized carbons (Fsp3) is 0.588. The Morgan fingerprint density at radius 3 is 2.69 bits per heavy atom. The largest absolute Gasteiger partial charge is 0.379 e. The third kappa shape index (κ3) is 4.55. The van der Waals surface area contributed by atoms with E-state index in [-0.39, 0.29) is 35.0 Å². The van der Waals surface area contributed by atoms with Crippen LogP contribution in [-0.4, -0.2) is 51.5 Å². The topological polar surface area (TPSA) is 102 Å². The van der Waals surface area contributed by atoms with Gasteiger partial charge in [-0.1, -0.05) is 12.5 Å². The maximum Gasteiger partial charge on any atom is 0.243 e. The predicted molar refractivity (Wildman–Crippen MR) is 102 cm³/mol. The normalized spacial score (nSPS) is 24.0. The minimum Gasteiger partial charge on any atom is -0.379 e. The van der Waals surface area contributed by atoms with Crippen molar-refractivity contribution in [2.24, 2.45) is 17.6 Å². The average molecular weight is 404 g/mol. The number of sulfonamides is 1. The molecule has 1 aliphatic heterocycles. The van der Waals surface area contributed by atoms with Crippen molar-refractivity contribution < 1.29 is 17.9 Å². The summed E-state index contributed by atoms with van der Waals surface area (Å²) < 4.78 is 32.1. The Bertz CT molecular complexity index is 722. The third-order valence-electron chi connectivity index (χ3n) is 5.01. The fourth-order valence-electron chi connectivity index (χ4n) is 3.57. The number of carbonyl (C=O) groups is 1. The Morgan fingerprint density at radius 2 is 2.00 bits per heavy atom. The zero-order chi connectivity index (χ0) is 17.9. The highest BCUT2D eigenvalue weighted by Crippen LogP contribution is 2.32. The molecule has 0 bridgehead atoms. The summed E-state index contributed by atoms with van der Waals surface area (Å²) in [5.41, 5.74) is 6.25. The number of benzene rings is 1. The lowest BCUT2D eigenvalue weighted by molar-refractivity contribution is -0.120. The van der Waals surface area contributed by atoms with E-state index >= 15 is 0 Å². The molecule has 146 valence electrons. The van der Waals surface area contributed by atoms with Crippen LogP contribution < -0.4 is 11.1 Å². The highest BCUT2D eigenvalue weighted by molar-refractivity contribution is 7.89. The van der Waals surface area contributed by atoms with Gasteiger partial charge in [-0.25, -0.2) is 8.42 Å². The van der Waals surface area contributed by atoms with Crippen molar-refractivity contribution >= 4 is 34.0 Å². The third-order valence-corrected chi connectivity index (χ3v) is 6.90. The second-order valence-electron chi connectivity index (χ2n) is 6.57. The van der Waals surface area contributed by atoms with Crippen LogP contribution in [0, 0.1) is 11.8 Å². The van der Waals surface area contributed by atoms with Gasteiger partial charge >= 0.3 is 0 Å². The number of rotatable bonds is 5. The number of halogens is 1. The molecule has 2 atom stereocenters. The zero-order valence-electron chi connectivity index (χ0n) is 14.6. The van der Waals surface area contributed by atoms with E-state index in [0.29, 0.717) is 38.5 Å². The summed E-state index contributed by atoms with van der Waals surface area (Å²) in [7, 11) is -3.57. The fourth-order valence-corrected chi connectivity index (χ4v) is 5.02. The molecule has 0 aromatic heterocycles. The van der Waals surface area contributed by atoms with Gasteiger partial charge in [-0.3, -0.25) is 4.79 Å². The Balaban J connectivity index is 0.00000243. The molecule has 1 aromatic carbocycles. The number of hydrogen-bond acceptors (Lipinski definition) is 5. The van der Waals surface area contributed by atoms with Gasteiger partial charge in [0, 0.05) is 24.7 Å². The lowest BCUT2D eigenvalue weighted by atomic mass is 9.95. The predicted octanol–water partition coefficient (Wildman–Crippen LogP) is 1.44. The number of amides is 1. The molecule has 2 aliphatic rings. The van der Waals surface area contributed by atoms with E-state index in [9.17, 15) is 13.2 Å². The first kappa shape index (κ1) is 21.1. The van der Waals surface area contributed by atoms with Crippen LogP contribution in [-0.2, 0) is 19.6 Å². The molecule has 1 aliphatic carbocycles. The van der Waals surface area contributed by atoms with Crippen molar-refractivity contribution in [3.63, 3.8) is 0 Å². The average Bonchev–Trinajstić information content (AvgIpc) is 3.11. The van der Waals surface area contributed by atoms with Crippen LogP contribution in [0.5, 0.6) is 0 Å². The minimum atomic E-state index is -3.57. The first-order valence-corrected chi connectivity index (χ1v) is 10.2. The molecule has 1 saturated carbocycles. The van der Waals surface area contributed by atoms with Gasteiger partial charge in [0.05, 0.1) is 18.1 Å². The highest BCUT2D eigenvalue weighted by Gasteiger charge is 2.32. The monoisotopic (exact) mass is 403 g/mol. The number of nitrogens with two attached hydrogens (primary N) is 1. The second-order valence-corrected chi connectivity index (χ2v) is 8.50. The van der Waals surface area contributed by atoms with E-state index in [1.54, 1.807) is 18.2 Å². The van der Waals surface area contributed by atoms with Crippen molar-refractivity contribution in [2.45, 2.75) is 24.2 Å². The van der Waals surface area contributed by atoms with Gasteiger partial charge in [-0.15, -0.1) is 12.4 Å². The molecule has 0 spiro atoms. The molecule has 7 nitrogen and oxygen atoms in total. The molecule has 1 heterocycles. The van der Waals surface area contributed by atoms with Crippen LogP contribution in [0.4, 0.5) is 5.69 Å². The summed E-state index contributed by atoms with van der Waals surface area (Å²) in [5, 5.41) is 2.86. The minimum absolute atomic E-state index is 0. The summed E-state index contributed by atoms with van der Waals surface area (Å²) in [6.45, 7) is 2.00. The maximum atomic E-state index is 12.7. The number of ether oxygens (including phenoxy) is 1.